The molecule has 2 rings (SSSR count). The van der Waals surface area contributed by atoms with Gasteiger partial charge < -0.3 is 5.32 Å². The summed E-state index contributed by atoms with van der Waals surface area (Å²) in [7, 11) is -3.69. The Labute approximate surface area is 129 Å². The van der Waals surface area contributed by atoms with Crippen LogP contribution in [-0.2, 0) is 16.6 Å². The molecule has 1 unspecified atom stereocenters. The van der Waals surface area contributed by atoms with Crippen molar-refractivity contribution in [1.29, 1.82) is 0 Å². The van der Waals surface area contributed by atoms with Gasteiger partial charge >= 0.3 is 0 Å². The fraction of sp³-hybridized carbons (Fsp3) is 0.571. The maximum absolute atomic E-state index is 13.5. The normalized spacial score (nSPS) is 19.3. The minimum absolute atomic E-state index is 0.0348. The van der Waals surface area contributed by atoms with Gasteiger partial charge in [0.15, 0.2) is 0 Å². The average molecular weight is 332 g/mol. The van der Waals surface area contributed by atoms with E-state index in [0.717, 1.165) is 24.0 Å². The van der Waals surface area contributed by atoms with Crippen molar-refractivity contribution < 1.29 is 12.8 Å². The first-order valence-electron chi connectivity index (χ1n) is 7.00. The van der Waals surface area contributed by atoms with Crippen LogP contribution in [0.5, 0.6) is 0 Å². The Morgan fingerprint density at radius 1 is 1.43 bits per heavy atom. The topological polar surface area (TPSA) is 58.2 Å². The molecular formula is C14H21FN2O2S2. The summed E-state index contributed by atoms with van der Waals surface area (Å²) in [5.74, 6) is 1.19. The van der Waals surface area contributed by atoms with E-state index in [4.69, 9.17) is 0 Å². The van der Waals surface area contributed by atoms with Crippen LogP contribution in [0, 0.1) is 5.82 Å². The first-order chi connectivity index (χ1) is 9.88. The van der Waals surface area contributed by atoms with Crippen LogP contribution in [0.1, 0.15) is 25.8 Å². The highest BCUT2D eigenvalue weighted by molar-refractivity contribution is 7.99. The van der Waals surface area contributed by atoms with Gasteiger partial charge in [0.05, 0.1) is 4.90 Å². The molecule has 1 heterocycles. The van der Waals surface area contributed by atoms with E-state index in [9.17, 15) is 12.8 Å². The lowest BCUT2D eigenvalue weighted by atomic mass is 10.2. The van der Waals surface area contributed by atoms with Crippen molar-refractivity contribution in [3.05, 3.63) is 29.6 Å². The van der Waals surface area contributed by atoms with Crippen LogP contribution in [0.15, 0.2) is 23.1 Å². The Morgan fingerprint density at radius 3 is 2.81 bits per heavy atom. The summed E-state index contributed by atoms with van der Waals surface area (Å²) < 4.78 is 41.1. The molecule has 1 saturated heterocycles. The Balaban J connectivity index is 2.24. The van der Waals surface area contributed by atoms with Crippen molar-refractivity contribution in [1.82, 2.24) is 10.0 Å². The van der Waals surface area contributed by atoms with E-state index in [2.05, 4.69) is 10.0 Å². The molecule has 1 aliphatic heterocycles. The van der Waals surface area contributed by atoms with Gasteiger partial charge in [-0.2, -0.15) is 11.8 Å². The smallest absolute Gasteiger partial charge is 0.241 e. The monoisotopic (exact) mass is 332 g/mol. The van der Waals surface area contributed by atoms with E-state index in [1.165, 1.54) is 12.1 Å². The van der Waals surface area contributed by atoms with E-state index < -0.39 is 15.8 Å². The fourth-order valence-corrected chi connectivity index (χ4v) is 4.93. The zero-order valence-corrected chi connectivity index (χ0v) is 13.9. The number of halogens is 1. The van der Waals surface area contributed by atoms with Crippen molar-refractivity contribution in [2.45, 2.75) is 43.8 Å². The van der Waals surface area contributed by atoms with E-state index in [1.54, 1.807) is 11.8 Å². The van der Waals surface area contributed by atoms with Crippen LogP contribution < -0.4 is 10.0 Å². The molecule has 0 saturated carbocycles. The lowest BCUT2D eigenvalue weighted by molar-refractivity contribution is 0.551. The van der Waals surface area contributed by atoms with Gasteiger partial charge in [-0.25, -0.2) is 17.5 Å². The zero-order chi connectivity index (χ0) is 15.5. The fourth-order valence-electron chi connectivity index (χ4n) is 2.15. The minimum atomic E-state index is -3.69. The molecule has 7 heteroatoms. The number of nitrogens with one attached hydrogen (secondary N) is 2. The lowest BCUT2D eigenvalue weighted by Gasteiger charge is -2.16. The van der Waals surface area contributed by atoms with Gasteiger partial charge in [-0.1, -0.05) is 19.9 Å². The third kappa shape index (κ3) is 4.67. The van der Waals surface area contributed by atoms with Crippen LogP contribution in [-0.4, -0.2) is 32.0 Å². The van der Waals surface area contributed by atoms with Crippen molar-refractivity contribution in [3.63, 3.8) is 0 Å². The van der Waals surface area contributed by atoms with Crippen LogP contribution >= 0.6 is 11.8 Å². The van der Waals surface area contributed by atoms with Crippen LogP contribution in [0.3, 0.4) is 0 Å². The standard InChI is InChI=1S/C14H21FN2O2S2/c1-10(2)16-8-11-3-4-12(15)7-14(11)21(18,19)17-13-5-6-20-9-13/h3-4,7,10,13,16-17H,5-6,8-9H2,1-2H3. The molecule has 1 aromatic carbocycles. The minimum Gasteiger partial charge on any atom is -0.310 e. The van der Waals surface area contributed by atoms with Gasteiger partial charge in [0.25, 0.3) is 0 Å². The average Bonchev–Trinajstić information content (AvgIpc) is 2.89. The number of benzene rings is 1. The summed E-state index contributed by atoms with van der Waals surface area (Å²) in [4.78, 5) is 0.0348. The van der Waals surface area contributed by atoms with Crippen LogP contribution in [0.2, 0.25) is 0 Å². The Morgan fingerprint density at radius 2 is 2.19 bits per heavy atom. The quantitative estimate of drug-likeness (QED) is 0.838. The molecule has 21 heavy (non-hydrogen) atoms. The van der Waals surface area contributed by atoms with E-state index in [0.29, 0.717) is 12.1 Å². The zero-order valence-electron chi connectivity index (χ0n) is 12.2. The van der Waals surface area contributed by atoms with Gasteiger partial charge in [-0.05, 0) is 29.9 Å². The molecule has 0 aromatic heterocycles. The number of rotatable bonds is 6. The molecule has 0 spiro atoms. The number of hydrogen-bond donors (Lipinski definition) is 2. The molecule has 118 valence electrons. The summed E-state index contributed by atoms with van der Waals surface area (Å²) in [6, 6.07) is 4.09. The van der Waals surface area contributed by atoms with Crippen molar-refractivity contribution in [2.24, 2.45) is 0 Å². The maximum Gasteiger partial charge on any atom is 0.241 e. The third-order valence-corrected chi connectivity index (χ3v) is 6.04. The first-order valence-corrected chi connectivity index (χ1v) is 9.64. The molecule has 2 N–H and O–H groups in total. The second-order valence-corrected chi connectivity index (χ2v) is 8.30. The molecule has 0 radical (unpaired) electrons. The highest BCUT2D eigenvalue weighted by Gasteiger charge is 2.25. The molecule has 0 bridgehead atoms. The Hall–Kier alpha value is -0.630. The third-order valence-electron chi connectivity index (χ3n) is 3.27. The van der Waals surface area contributed by atoms with E-state index >= 15 is 0 Å². The van der Waals surface area contributed by atoms with Crippen molar-refractivity contribution in [3.8, 4) is 0 Å². The Kier molecular flexibility index (Phi) is 5.65. The summed E-state index contributed by atoms with van der Waals surface area (Å²) >= 11 is 1.73. The highest BCUT2D eigenvalue weighted by atomic mass is 32.2. The number of hydrogen-bond acceptors (Lipinski definition) is 4. The summed E-state index contributed by atoms with van der Waals surface area (Å²) in [5.41, 5.74) is 0.586. The van der Waals surface area contributed by atoms with E-state index in [-0.39, 0.29) is 17.0 Å². The molecule has 1 atom stereocenters. The predicted molar refractivity (Wildman–Crippen MR) is 84.4 cm³/mol. The molecule has 0 aliphatic carbocycles. The summed E-state index contributed by atoms with van der Waals surface area (Å²) in [6.45, 7) is 4.35. The van der Waals surface area contributed by atoms with Gasteiger partial charge in [-0.3, -0.25) is 0 Å². The largest absolute Gasteiger partial charge is 0.310 e. The van der Waals surface area contributed by atoms with Crippen LogP contribution in [0.25, 0.3) is 0 Å². The van der Waals surface area contributed by atoms with Crippen LogP contribution in [0.4, 0.5) is 4.39 Å². The number of thioether (sulfide) groups is 1. The summed E-state index contributed by atoms with van der Waals surface area (Å²) in [5, 5.41) is 3.17. The molecular weight excluding hydrogens is 311 g/mol. The molecule has 1 fully saturated rings. The van der Waals surface area contributed by atoms with Crippen molar-refractivity contribution in [2.75, 3.05) is 11.5 Å². The Bertz CT molecular complexity index is 585. The maximum atomic E-state index is 13.5. The SMILES string of the molecule is CC(C)NCc1ccc(F)cc1S(=O)(=O)NC1CCSC1. The number of sulfonamides is 1. The summed E-state index contributed by atoms with van der Waals surface area (Å²) in [6.07, 6.45) is 0.818. The van der Waals surface area contributed by atoms with Gasteiger partial charge in [0, 0.05) is 24.4 Å². The molecule has 0 amide bonds. The predicted octanol–water partition coefficient (Wildman–Crippen LogP) is 2.11. The second kappa shape index (κ2) is 7.09. The first kappa shape index (κ1) is 16.7. The molecule has 1 aliphatic rings. The second-order valence-electron chi connectivity index (χ2n) is 5.47. The van der Waals surface area contributed by atoms with Gasteiger partial charge in [-0.15, -0.1) is 0 Å². The van der Waals surface area contributed by atoms with E-state index in [1.807, 2.05) is 13.8 Å². The van der Waals surface area contributed by atoms with Gasteiger partial charge in [0.2, 0.25) is 10.0 Å². The highest BCUT2D eigenvalue weighted by Crippen LogP contribution is 2.22. The van der Waals surface area contributed by atoms with Gasteiger partial charge in [0.1, 0.15) is 5.82 Å². The lowest BCUT2D eigenvalue weighted by Crippen LogP contribution is -2.35. The van der Waals surface area contributed by atoms with Crippen molar-refractivity contribution >= 4 is 21.8 Å². The molecule has 1 aromatic rings. The molecule has 4 nitrogen and oxygen atoms in total.